The molecule has 0 unspecified atom stereocenters. The maximum absolute atomic E-state index is 14.9. The van der Waals surface area contributed by atoms with E-state index >= 15 is 0 Å². The van der Waals surface area contributed by atoms with Crippen molar-refractivity contribution in [2.45, 2.75) is 38.1 Å². The van der Waals surface area contributed by atoms with E-state index in [1.165, 1.54) is 46.2 Å². The number of hydrogen-bond acceptors (Lipinski definition) is 7. The number of nitrogens with zero attached hydrogens (tertiary/aromatic N) is 6. The van der Waals surface area contributed by atoms with Crippen molar-refractivity contribution in [1.82, 2.24) is 29.6 Å². The molecule has 170 valence electrons. The average molecular weight is 469 g/mol. The lowest BCUT2D eigenvalue weighted by Crippen LogP contribution is -2.53. The maximum atomic E-state index is 14.9. The summed E-state index contributed by atoms with van der Waals surface area (Å²) in [5.74, 6) is -1.48. The third kappa shape index (κ3) is 4.17. The Morgan fingerprint density at radius 2 is 1.97 bits per heavy atom. The summed E-state index contributed by atoms with van der Waals surface area (Å²) in [5.41, 5.74) is 0.602. The van der Waals surface area contributed by atoms with E-state index in [1.807, 2.05) is 6.92 Å². The minimum atomic E-state index is -1.66. The molecule has 2 atom stereocenters. The molecule has 7 nitrogen and oxygen atoms in total. The molecule has 5 rings (SSSR count). The summed E-state index contributed by atoms with van der Waals surface area (Å²) in [4.78, 5) is 16.6. The van der Waals surface area contributed by atoms with Crippen molar-refractivity contribution in [3.05, 3.63) is 83.3 Å². The van der Waals surface area contributed by atoms with E-state index in [0.717, 1.165) is 22.9 Å². The zero-order valence-electron chi connectivity index (χ0n) is 17.9. The van der Waals surface area contributed by atoms with Gasteiger partial charge in [0.25, 0.3) is 0 Å². The first-order chi connectivity index (χ1) is 15.9. The highest BCUT2D eigenvalue weighted by Gasteiger charge is 2.43. The number of aromatic nitrogens is 5. The summed E-state index contributed by atoms with van der Waals surface area (Å²) in [6.45, 7) is 3.15. The summed E-state index contributed by atoms with van der Waals surface area (Å²) >= 11 is 1.67. The van der Waals surface area contributed by atoms with Crippen LogP contribution in [0.4, 0.5) is 8.78 Å². The summed E-state index contributed by atoms with van der Waals surface area (Å²) in [5, 5.41) is 16.0. The molecule has 0 saturated carbocycles. The Morgan fingerprint density at radius 3 is 2.70 bits per heavy atom. The number of hydrogen-bond donors (Lipinski definition) is 1. The molecule has 0 aliphatic carbocycles. The van der Waals surface area contributed by atoms with Crippen LogP contribution in [0.1, 0.15) is 22.9 Å². The largest absolute Gasteiger partial charge is 0.381 e. The van der Waals surface area contributed by atoms with Crippen LogP contribution in [0.25, 0.3) is 10.4 Å². The van der Waals surface area contributed by atoms with Crippen LogP contribution in [0.2, 0.25) is 0 Å². The van der Waals surface area contributed by atoms with Crippen molar-refractivity contribution >= 4 is 11.3 Å². The van der Waals surface area contributed by atoms with Gasteiger partial charge in [0, 0.05) is 58.5 Å². The number of fused-ring (bicyclic) bond motifs is 1. The Balaban J connectivity index is 1.46. The molecule has 0 amide bonds. The van der Waals surface area contributed by atoms with Gasteiger partial charge in [-0.3, -0.25) is 4.90 Å². The van der Waals surface area contributed by atoms with Gasteiger partial charge in [-0.2, -0.15) is 5.10 Å². The minimum Gasteiger partial charge on any atom is -0.381 e. The molecule has 0 fully saturated rings. The Kier molecular flexibility index (Phi) is 5.73. The van der Waals surface area contributed by atoms with E-state index < -0.39 is 23.3 Å². The van der Waals surface area contributed by atoms with E-state index in [2.05, 4.69) is 31.0 Å². The fraction of sp³-hybridized carbons (Fsp3) is 0.304. The number of rotatable bonds is 6. The van der Waals surface area contributed by atoms with Gasteiger partial charge in [0.1, 0.15) is 36.2 Å². The highest BCUT2D eigenvalue weighted by Crippen LogP contribution is 2.38. The minimum absolute atomic E-state index is 0.0167. The molecule has 0 saturated heterocycles. The number of aliphatic hydroxyl groups is 1. The van der Waals surface area contributed by atoms with Gasteiger partial charge in [-0.1, -0.05) is 6.07 Å². The topological polar surface area (TPSA) is 80.0 Å². The molecule has 1 aromatic carbocycles. The zero-order valence-corrected chi connectivity index (χ0v) is 18.7. The fourth-order valence-corrected chi connectivity index (χ4v) is 5.60. The first-order valence-corrected chi connectivity index (χ1v) is 11.4. The summed E-state index contributed by atoms with van der Waals surface area (Å²) < 4.78 is 29.9. The normalized spacial score (nSPS) is 16.8. The van der Waals surface area contributed by atoms with Crippen LogP contribution >= 0.6 is 11.3 Å². The van der Waals surface area contributed by atoms with Crippen molar-refractivity contribution in [3.8, 4) is 10.4 Å². The Labute approximate surface area is 193 Å². The predicted molar refractivity (Wildman–Crippen MR) is 119 cm³/mol. The van der Waals surface area contributed by atoms with Crippen molar-refractivity contribution in [1.29, 1.82) is 0 Å². The summed E-state index contributed by atoms with van der Waals surface area (Å²) in [7, 11) is 0. The number of halogens is 2. The zero-order chi connectivity index (χ0) is 23.0. The van der Waals surface area contributed by atoms with Gasteiger partial charge in [-0.15, -0.1) is 11.3 Å². The molecular formula is C23H22F2N6OS. The smallest absolute Gasteiger partial charge is 0.137 e. The molecule has 1 aliphatic rings. The monoisotopic (exact) mass is 468 g/mol. The van der Waals surface area contributed by atoms with Crippen LogP contribution in [0.5, 0.6) is 0 Å². The van der Waals surface area contributed by atoms with Crippen LogP contribution in [0.15, 0.2) is 55.6 Å². The van der Waals surface area contributed by atoms with Gasteiger partial charge < -0.3 is 5.11 Å². The van der Waals surface area contributed by atoms with Gasteiger partial charge in [0.15, 0.2) is 0 Å². The van der Waals surface area contributed by atoms with Crippen molar-refractivity contribution in [3.63, 3.8) is 0 Å². The summed E-state index contributed by atoms with van der Waals surface area (Å²) in [6.07, 6.45) is 8.72. The van der Waals surface area contributed by atoms with Crippen LogP contribution in [-0.4, -0.2) is 47.3 Å². The first kappa shape index (κ1) is 21.7. The second-order valence-corrected chi connectivity index (χ2v) is 9.36. The average Bonchev–Trinajstić information content (AvgIpc) is 3.48. The van der Waals surface area contributed by atoms with Gasteiger partial charge in [0.2, 0.25) is 0 Å². The fourth-order valence-electron chi connectivity index (χ4n) is 4.38. The molecular weight excluding hydrogens is 446 g/mol. The van der Waals surface area contributed by atoms with E-state index in [0.29, 0.717) is 13.1 Å². The second-order valence-electron chi connectivity index (χ2n) is 8.22. The van der Waals surface area contributed by atoms with Crippen LogP contribution < -0.4 is 0 Å². The molecule has 1 aliphatic heterocycles. The Hall–Kier alpha value is -3.08. The van der Waals surface area contributed by atoms with Crippen LogP contribution in [0.3, 0.4) is 0 Å². The number of thiophene rings is 1. The molecule has 4 heterocycles. The molecule has 10 heteroatoms. The number of benzene rings is 1. The predicted octanol–water partition coefficient (Wildman–Crippen LogP) is 3.41. The highest BCUT2D eigenvalue weighted by atomic mass is 32.1. The lowest BCUT2D eigenvalue weighted by Gasteiger charge is -2.42. The molecule has 0 spiro atoms. The van der Waals surface area contributed by atoms with E-state index in [-0.39, 0.29) is 12.1 Å². The molecule has 0 radical (unpaired) electrons. The van der Waals surface area contributed by atoms with Crippen LogP contribution in [0, 0.1) is 11.6 Å². The molecule has 3 aromatic heterocycles. The SMILES string of the molecule is C[C@@H](N1CCc2cc(-c3cncnc3)sc2C1)[C@](O)(Cn1cncn1)c1ccc(F)cc1F. The first-order valence-electron chi connectivity index (χ1n) is 10.6. The van der Waals surface area contributed by atoms with Gasteiger partial charge in [0.05, 0.1) is 6.54 Å². The van der Waals surface area contributed by atoms with Gasteiger partial charge >= 0.3 is 0 Å². The lowest BCUT2D eigenvalue weighted by atomic mass is 9.84. The maximum Gasteiger partial charge on any atom is 0.137 e. The molecule has 0 bridgehead atoms. The summed E-state index contributed by atoms with van der Waals surface area (Å²) in [6, 6.07) is 4.96. The second kappa shape index (κ2) is 8.69. The molecule has 1 N–H and O–H groups in total. The third-order valence-corrected chi connectivity index (χ3v) is 7.47. The van der Waals surface area contributed by atoms with Gasteiger partial charge in [-0.05, 0) is 31.0 Å². The lowest BCUT2D eigenvalue weighted by molar-refractivity contribution is -0.0674. The third-order valence-electron chi connectivity index (χ3n) is 6.26. The van der Waals surface area contributed by atoms with Crippen LogP contribution in [-0.2, 0) is 25.1 Å². The van der Waals surface area contributed by atoms with Crippen molar-refractivity contribution < 1.29 is 13.9 Å². The van der Waals surface area contributed by atoms with E-state index in [4.69, 9.17) is 0 Å². The van der Waals surface area contributed by atoms with Crippen molar-refractivity contribution in [2.75, 3.05) is 6.54 Å². The Morgan fingerprint density at radius 1 is 1.15 bits per heavy atom. The quantitative estimate of drug-likeness (QED) is 0.467. The molecule has 33 heavy (non-hydrogen) atoms. The highest BCUT2D eigenvalue weighted by molar-refractivity contribution is 7.15. The van der Waals surface area contributed by atoms with Gasteiger partial charge in [-0.25, -0.2) is 28.4 Å². The van der Waals surface area contributed by atoms with Crippen molar-refractivity contribution in [2.24, 2.45) is 0 Å². The Bertz CT molecular complexity index is 1250. The van der Waals surface area contributed by atoms with E-state index in [9.17, 15) is 13.9 Å². The standard InChI is InChI=1S/C23H22F2N6OS/c1-15(23(32,11-31-14-28-13-29-31)19-3-2-18(24)7-20(19)25)30-5-4-16-6-21(33-22(16)10-30)17-8-26-12-27-9-17/h2-3,6-9,12-15,32H,4-5,10-11H2,1H3/t15-,23-/m1/s1. The molecule has 4 aromatic rings. The van der Waals surface area contributed by atoms with E-state index in [1.54, 1.807) is 23.7 Å².